The third kappa shape index (κ3) is 4.13. The number of furan rings is 1. The van der Waals surface area contributed by atoms with Gasteiger partial charge in [0.25, 0.3) is 0 Å². The lowest BCUT2D eigenvalue weighted by Crippen LogP contribution is -2.09. The van der Waals surface area contributed by atoms with E-state index in [4.69, 9.17) is 4.42 Å². The summed E-state index contributed by atoms with van der Waals surface area (Å²) in [6, 6.07) is 63.0. The Bertz CT molecular complexity index is 2550. The molecule has 2 nitrogen and oxygen atoms in total. The van der Waals surface area contributed by atoms with Crippen LogP contribution in [0.1, 0.15) is 0 Å². The Morgan fingerprint density at radius 2 is 0.854 bits per heavy atom. The van der Waals surface area contributed by atoms with Gasteiger partial charge in [0.15, 0.2) is 0 Å². The molecule has 1 aromatic heterocycles. The monoisotopic (exact) mass is 611 g/mol. The van der Waals surface area contributed by atoms with Crippen LogP contribution in [0.5, 0.6) is 0 Å². The first-order valence-electron chi connectivity index (χ1n) is 16.4. The van der Waals surface area contributed by atoms with Crippen LogP contribution in [0, 0.1) is 0 Å². The Hall–Kier alpha value is -6.38. The van der Waals surface area contributed by atoms with E-state index in [0.717, 1.165) is 39.0 Å². The molecular weight excluding hydrogens is 583 g/mol. The Morgan fingerprint density at radius 1 is 0.333 bits per heavy atom. The molecule has 0 unspecified atom stereocenters. The summed E-state index contributed by atoms with van der Waals surface area (Å²) in [7, 11) is 0. The lowest BCUT2D eigenvalue weighted by Gasteiger charge is -2.26. The van der Waals surface area contributed by atoms with Gasteiger partial charge < -0.3 is 9.32 Å². The van der Waals surface area contributed by atoms with Gasteiger partial charge in [-0.1, -0.05) is 127 Å². The van der Waals surface area contributed by atoms with Gasteiger partial charge in [0.05, 0.1) is 0 Å². The molecule has 0 saturated heterocycles. The van der Waals surface area contributed by atoms with Gasteiger partial charge in [0.2, 0.25) is 0 Å². The van der Waals surface area contributed by atoms with Crippen molar-refractivity contribution in [2.45, 2.75) is 0 Å². The number of fused-ring (bicyclic) bond motifs is 7. The fraction of sp³-hybridized carbons (Fsp3) is 0. The molecule has 224 valence electrons. The summed E-state index contributed by atoms with van der Waals surface area (Å²) in [4.78, 5) is 2.32. The summed E-state index contributed by atoms with van der Waals surface area (Å²) in [6.07, 6.45) is 0. The van der Waals surface area contributed by atoms with Crippen molar-refractivity contribution < 1.29 is 4.42 Å². The second-order valence-electron chi connectivity index (χ2n) is 12.5. The summed E-state index contributed by atoms with van der Waals surface area (Å²) in [6.45, 7) is 0. The molecule has 0 aliphatic heterocycles. The molecule has 0 saturated carbocycles. The lowest BCUT2D eigenvalue weighted by molar-refractivity contribution is 0.673. The molecule has 0 radical (unpaired) electrons. The van der Waals surface area contributed by atoms with Crippen molar-refractivity contribution in [1.29, 1.82) is 0 Å². The van der Waals surface area contributed by atoms with Crippen LogP contribution < -0.4 is 4.90 Å². The maximum Gasteiger partial charge on any atom is 0.143 e. The van der Waals surface area contributed by atoms with Crippen LogP contribution in [0.3, 0.4) is 0 Å². The van der Waals surface area contributed by atoms with E-state index in [9.17, 15) is 0 Å². The van der Waals surface area contributed by atoms with Crippen molar-refractivity contribution >= 4 is 49.8 Å². The quantitative estimate of drug-likeness (QED) is 0.192. The summed E-state index contributed by atoms with van der Waals surface area (Å²) < 4.78 is 6.79. The number of hydrogen-bond acceptors (Lipinski definition) is 2. The SMILES string of the molecule is c1ccc(-c2ccc(N(c3ccc(-c4ccccc4)cc3)c3ccc4c(c3)oc3c5cccc6c5c(cc43)-c3ccccc3-6)cc2)cc1. The van der Waals surface area contributed by atoms with Crippen LogP contribution in [0.25, 0.3) is 77.2 Å². The molecule has 0 bridgehead atoms. The molecule has 48 heavy (non-hydrogen) atoms. The van der Waals surface area contributed by atoms with Crippen molar-refractivity contribution in [1.82, 2.24) is 0 Å². The molecular formula is C46H29NO. The third-order valence-corrected chi connectivity index (χ3v) is 9.81. The van der Waals surface area contributed by atoms with Crippen LogP contribution in [-0.2, 0) is 0 Å². The van der Waals surface area contributed by atoms with Gasteiger partial charge in [-0.15, -0.1) is 0 Å². The number of benzene rings is 8. The Kier molecular flexibility index (Phi) is 5.91. The Labute approximate surface area is 278 Å². The summed E-state index contributed by atoms with van der Waals surface area (Å²) >= 11 is 0. The predicted octanol–water partition coefficient (Wildman–Crippen LogP) is 13.2. The first kappa shape index (κ1) is 26.8. The van der Waals surface area contributed by atoms with Crippen LogP contribution in [0.2, 0.25) is 0 Å². The number of rotatable bonds is 5. The molecule has 1 heterocycles. The van der Waals surface area contributed by atoms with Gasteiger partial charge >= 0.3 is 0 Å². The number of anilines is 3. The van der Waals surface area contributed by atoms with Crippen LogP contribution in [0.4, 0.5) is 17.1 Å². The third-order valence-electron chi connectivity index (χ3n) is 9.81. The standard InChI is InChI=1S/C46H29NO/c1-3-10-30(11-4-1)32-18-22-34(23-19-32)47(35-24-20-33(21-25-35)31-12-5-2-6-13-31)36-26-27-39-43-29-42-38-15-8-7-14-37(38)40-16-9-17-41(45(40)42)46(43)48-44(39)28-36/h1-29H. The Morgan fingerprint density at radius 3 is 1.48 bits per heavy atom. The normalized spacial score (nSPS) is 11.8. The molecule has 1 aliphatic rings. The van der Waals surface area contributed by atoms with Crippen molar-refractivity contribution in [2.75, 3.05) is 4.90 Å². The summed E-state index contributed by atoms with van der Waals surface area (Å²) in [5.74, 6) is 0. The molecule has 9 aromatic rings. The molecule has 8 aromatic carbocycles. The molecule has 0 amide bonds. The minimum atomic E-state index is 0.882. The highest BCUT2D eigenvalue weighted by atomic mass is 16.3. The van der Waals surface area contributed by atoms with E-state index < -0.39 is 0 Å². The molecule has 10 rings (SSSR count). The zero-order valence-corrected chi connectivity index (χ0v) is 26.1. The van der Waals surface area contributed by atoms with E-state index in [1.54, 1.807) is 0 Å². The fourth-order valence-corrected chi connectivity index (χ4v) is 7.54. The average molecular weight is 612 g/mol. The molecule has 0 atom stereocenters. The van der Waals surface area contributed by atoms with Gasteiger partial charge in [-0.2, -0.15) is 0 Å². The highest BCUT2D eigenvalue weighted by Gasteiger charge is 2.25. The van der Waals surface area contributed by atoms with Gasteiger partial charge in [-0.05, 0) is 87.0 Å². The second-order valence-corrected chi connectivity index (χ2v) is 12.5. The van der Waals surface area contributed by atoms with Crippen molar-refractivity contribution in [3.05, 3.63) is 176 Å². The summed E-state index contributed by atoms with van der Waals surface area (Å²) in [5, 5.41) is 4.72. The van der Waals surface area contributed by atoms with Gasteiger partial charge in [-0.3, -0.25) is 0 Å². The largest absolute Gasteiger partial charge is 0.455 e. The minimum absolute atomic E-state index is 0.882. The topological polar surface area (TPSA) is 16.4 Å². The smallest absolute Gasteiger partial charge is 0.143 e. The number of hydrogen-bond donors (Lipinski definition) is 0. The first-order valence-corrected chi connectivity index (χ1v) is 16.4. The van der Waals surface area contributed by atoms with Gasteiger partial charge in [-0.25, -0.2) is 0 Å². The molecule has 2 heteroatoms. The number of nitrogens with zero attached hydrogens (tertiary/aromatic N) is 1. The Balaban J connectivity index is 1.13. The zero-order chi connectivity index (χ0) is 31.6. The van der Waals surface area contributed by atoms with E-state index in [1.807, 2.05) is 0 Å². The zero-order valence-electron chi connectivity index (χ0n) is 26.1. The van der Waals surface area contributed by atoms with E-state index in [1.165, 1.54) is 55.3 Å². The highest BCUT2D eigenvalue weighted by Crippen LogP contribution is 2.51. The fourth-order valence-electron chi connectivity index (χ4n) is 7.54. The highest BCUT2D eigenvalue weighted by molar-refractivity contribution is 6.26. The molecule has 0 N–H and O–H groups in total. The van der Waals surface area contributed by atoms with Crippen LogP contribution >= 0.6 is 0 Å². The molecule has 0 fully saturated rings. The van der Waals surface area contributed by atoms with E-state index in [2.05, 4.69) is 181 Å². The second kappa shape index (κ2) is 10.6. The maximum absolute atomic E-state index is 6.79. The van der Waals surface area contributed by atoms with Crippen molar-refractivity contribution in [3.63, 3.8) is 0 Å². The van der Waals surface area contributed by atoms with E-state index >= 15 is 0 Å². The molecule has 0 spiro atoms. The molecule has 1 aliphatic carbocycles. The van der Waals surface area contributed by atoms with Crippen LogP contribution in [-0.4, -0.2) is 0 Å². The minimum Gasteiger partial charge on any atom is -0.455 e. The van der Waals surface area contributed by atoms with Crippen LogP contribution in [0.15, 0.2) is 180 Å². The van der Waals surface area contributed by atoms with E-state index in [0.29, 0.717) is 0 Å². The summed E-state index contributed by atoms with van der Waals surface area (Å²) in [5.41, 5.74) is 15.0. The van der Waals surface area contributed by atoms with Crippen molar-refractivity contribution in [2.24, 2.45) is 0 Å². The predicted molar refractivity (Wildman–Crippen MR) is 201 cm³/mol. The first-order chi connectivity index (χ1) is 23.8. The average Bonchev–Trinajstić information content (AvgIpc) is 3.70. The lowest BCUT2D eigenvalue weighted by atomic mass is 9.99. The van der Waals surface area contributed by atoms with Gasteiger partial charge in [0, 0.05) is 44.7 Å². The maximum atomic E-state index is 6.79. The van der Waals surface area contributed by atoms with E-state index in [-0.39, 0.29) is 0 Å². The van der Waals surface area contributed by atoms with Gasteiger partial charge in [0.1, 0.15) is 11.2 Å². The van der Waals surface area contributed by atoms with Crippen molar-refractivity contribution in [3.8, 4) is 44.5 Å².